The van der Waals surface area contributed by atoms with Crippen LogP contribution in [0.15, 0.2) is 78.5 Å². The predicted molar refractivity (Wildman–Crippen MR) is 120 cm³/mol. The van der Waals surface area contributed by atoms with Crippen molar-refractivity contribution in [1.82, 2.24) is 4.90 Å². The Kier molecular flexibility index (Phi) is 5.62. The number of nitrogens with one attached hydrogen (secondary N) is 1. The summed E-state index contributed by atoms with van der Waals surface area (Å²) in [5.74, 6) is -0.756. The minimum Gasteiger partial charge on any atom is -0.350 e. The van der Waals surface area contributed by atoms with Crippen molar-refractivity contribution in [1.29, 1.82) is 0 Å². The lowest BCUT2D eigenvalue weighted by atomic mass is 10.0. The van der Waals surface area contributed by atoms with E-state index in [2.05, 4.69) is 5.32 Å². The average molecular weight is 437 g/mol. The van der Waals surface area contributed by atoms with Crippen LogP contribution in [0.25, 0.3) is 5.57 Å². The second kappa shape index (κ2) is 8.34. The molecule has 0 saturated heterocycles. The van der Waals surface area contributed by atoms with E-state index in [1.54, 1.807) is 30.3 Å². The third-order valence-corrected chi connectivity index (χ3v) is 5.57. The minimum absolute atomic E-state index is 0.0957. The lowest BCUT2D eigenvalue weighted by Crippen LogP contribution is -2.32. The fourth-order valence-electron chi connectivity index (χ4n) is 3.41. The molecule has 4 nitrogen and oxygen atoms in total. The van der Waals surface area contributed by atoms with E-state index in [4.69, 9.17) is 23.2 Å². The van der Waals surface area contributed by atoms with Gasteiger partial charge in [-0.25, -0.2) is 0 Å². The largest absolute Gasteiger partial charge is 0.350 e. The summed E-state index contributed by atoms with van der Waals surface area (Å²) >= 11 is 12.3. The van der Waals surface area contributed by atoms with E-state index in [1.807, 2.05) is 49.4 Å². The molecule has 0 fully saturated rings. The Morgan fingerprint density at radius 2 is 1.57 bits per heavy atom. The molecule has 1 aliphatic heterocycles. The topological polar surface area (TPSA) is 49.4 Å². The van der Waals surface area contributed by atoms with E-state index in [1.165, 1.54) is 4.90 Å². The van der Waals surface area contributed by atoms with Crippen LogP contribution in [0.5, 0.6) is 0 Å². The van der Waals surface area contributed by atoms with Gasteiger partial charge in [-0.1, -0.05) is 71.7 Å². The predicted octanol–water partition coefficient (Wildman–Crippen LogP) is 5.69. The Morgan fingerprint density at radius 1 is 0.867 bits per heavy atom. The van der Waals surface area contributed by atoms with Gasteiger partial charge in [0.05, 0.1) is 12.1 Å². The first-order valence-corrected chi connectivity index (χ1v) is 10.1. The monoisotopic (exact) mass is 436 g/mol. The number of amides is 2. The van der Waals surface area contributed by atoms with Gasteiger partial charge in [-0.05, 0) is 47.9 Å². The van der Waals surface area contributed by atoms with Crippen LogP contribution in [-0.2, 0) is 16.1 Å². The maximum absolute atomic E-state index is 13.3. The molecule has 0 spiro atoms. The molecule has 1 N–H and O–H groups in total. The van der Waals surface area contributed by atoms with E-state index in [0.717, 1.165) is 5.56 Å². The van der Waals surface area contributed by atoms with Crippen molar-refractivity contribution in [3.63, 3.8) is 0 Å². The van der Waals surface area contributed by atoms with Gasteiger partial charge in [-0.15, -0.1) is 0 Å². The number of hydrogen-bond acceptors (Lipinski definition) is 3. The highest BCUT2D eigenvalue weighted by atomic mass is 35.5. The fraction of sp³-hybridized carbons (Fsp3) is 0.0833. The molecule has 0 unspecified atom stereocenters. The van der Waals surface area contributed by atoms with Gasteiger partial charge < -0.3 is 5.32 Å². The van der Waals surface area contributed by atoms with Crippen molar-refractivity contribution in [3.8, 4) is 0 Å². The van der Waals surface area contributed by atoms with Gasteiger partial charge in [0.1, 0.15) is 5.70 Å². The lowest BCUT2D eigenvalue weighted by Gasteiger charge is -2.16. The summed E-state index contributed by atoms with van der Waals surface area (Å²) in [6.07, 6.45) is 0. The molecular formula is C24H18Cl2N2O2. The highest BCUT2D eigenvalue weighted by molar-refractivity contribution is 6.37. The number of rotatable bonds is 5. The molecule has 4 rings (SSSR count). The molecule has 0 radical (unpaired) electrons. The van der Waals surface area contributed by atoms with Gasteiger partial charge in [-0.2, -0.15) is 0 Å². The Labute approximate surface area is 184 Å². The highest BCUT2D eigenvalue weighted by Gasteiger charge is 2.39. The van der Waals surface area contributed by atoms with Gasteiger partial charge >= 0.3 is 0 Å². The number of halogens is 2. The van der Waals surface area contributed by atoms with Crippen LogP contribution in [0.1, 0.15) is 16.7 Å². The fourth-order valence-corrected chi connectivity index (χ4v) is 3.83. The van der Waals surface area contributed by atoms with E-state index >= 15 is 0 Å². The molecule has 3 aromatic rings. The van der Waals surface area contributed by atoms with E-state index < -0.39 is 5.91 Å². The normalized spacial score (nSPS) is 13.9. The molecule has 30 heavy (non-hydrogen) atoms. The van der Waals surface area contributed by atoms with Crippen molar-refractivity contribution < 1.29 is 9.59 Å². The minimum atomic E-state index is -0.395. The molecule has 0 atom stereocenters. The average Bonchev–Trinajstić information content (AvgIpc) is 2.96. The van der Waals surface area contributed by atoms with Crippen molar-refractivity contribution in [3.05, 3.63) is 105 Å². The molecule has 0 aromatic heterocycles. The lowest BCUT2D eigenvalue weighted by molar-refractivity contribution is -0.137. The van der Waals surface area contributed by atoms with E-state index in [0.29, 0.717) is 32.4 Å². The first kappa shape index (κ1) is 20.2. The summed E-state index contributed by atoms with van der Waals surface area (Å²) in [5, 5.41) is 4.28. The summed E-state index contributed by atoms with van der Waals surface area (Å²) < 4.78 is 0. The molecule has 1 aliphatic rings. The van der Waals surface area contributed by atoms with Crippen LogP contribution in [0.2, 0.25) is 10.0 Å². The van der Waals surface area contributed by atoms with Crippen LogP contribution in [0.4, 0.5) is 5.69 Å². The van der Waals surface area contributed by atoms with Crippen LogP contribution >= 0.6 is 23.2 Å². The molecule has 0 saturated carbocycles. The van der Waals surface area contributed by atoms with Crippen LogP contribution < -0.4 is 5.32 Å². The molecule has 150 valence electrons. The summed E-state index contributed by atoms with van der Waals surface area (Å²) in [7, 11) is 0. The van der Waals surface area contributed by atoms with Gasteiger partial charge in [-0.3, -0.25) is 14.5 Å². The van der Waals surface area contributed by atoms with Gasteiger partial charge in [0.15, 0.2) is 0 Å². The molecular weight excluding hydrogens is 419 g/mol. The zero-order valence-corrected chi connectivity index (χ0v) is 17.7. The quantitative estimate of drug-likeness (QED) is 0.522. The number of imide groups is 1. The maximum Gasteiger partial charge on any atom is 0.278 e. The summed E-state index contributed by atoms with van der Waals surface area (Å²) in [6, 6.07) is 21.7. The summed E-state index contributed by atoms with van der Waals surface area (Å²) in [5.41, 5.74) is 3.53. The number of nitrogens with zero attached hydrogens (tertiary/aromatic N) is 1. The van der Waals surface area contributed by atoms with Crippen molar-refractivity contribution >= 4 is 46.3 Å². The molecule has 3 aromatic carbocycles. The molecule has 0 bridgehead atoms. The number of carbonyl (C=O) groups is 2. The smallest absolute Gasteiger partial charge is 0.278 e. The zero-order chi connectivity index (χ0) is 21.3. The van der Waals surface area contributed by atoms with Gasteiger partial charge in [0.2, 0.25) is 0 Å². The van der Waals surface area contributed by atoms with Gasteiger partial charge in [0, 0.05) is 15.7 Å². The van der Waals surface area contributed by atoms with Crippen molar-refractivity contribution in [2.24, 2.45) is 0 Å². The number of anilines is 1. The molecule has 2 amide bonds. The number of carbonyl (C=O) groups excluding carboxylic acids is 2. The van der Waals surface area contributed by atoms with Crippen LogP contribution in [0, 0.1) is 6.92 Å². The Balaban J connectivity index is 1.76. The van der Waals surface area contributed by atoms with Crippen molar-refractivity contribution in [2.75, 3.05) is 5.32 Å². The Bertz CT molecular complexity index is 1170. The van der Waals surface area contributed by atoms with E-state index in [9.17, 15) is 9.59 Å². The van der Waals surface area contributed by atoms with Gasteiger partial charge in [0.25, 0.3) is 11.8 Å². The number of hydrogen-bond donors (Lipinski definition) is 1. The zero-order valence-electron chi connectivity index (χ0n) is 16.2. The van der Waals surface area contributed by atoms with Crippen LogP contribution in [0.3, 0.4) is 0 Å². The second-order valence-corrected chi connectivity index (χ2v) is 7.83. The first-order valence-electron chi connectivity index (χ1n) is 9.38. The van der Waals surface area contributed by atoms with Crippen molar-refractivity contribution in [2.45, 2.75) is 13.5 Å². The number of aryl methyl sites for hydroxylation is 1. The maximum atomic E-state index is 13.3. The summed E-state index contributed by atoms with van der Waals surface area (Å²) in [6.45, 7) is 1.98. The Hall–Kier alpha value is -3.08. The Morgan fingerprint density at radius 3 is 2.27 bits per heavy atom. The first-order chi connectivity index (χ1) is 14.5. The van der Waals surface area contributed by atoms with E-state index in [-0.39, 0.29) is 18.1 Å². The second-order valence-electron chi connectivity index (χ2n) is 6.99. The third-order valence-electron chi connectivity index (χ3n) is 4.96. The standard InChI is InChI=1S/C24H18Cl2N2O2/c1-15-13-18(25)11-12-20(15)27-22-21(16-7-3-2-4-8-16)23(29)28(24(22)30)14-17-9-5-6-10-19(17)26/h2-13,27H,14H2,1H3. The van der Waals surface area contributed by atoms with Crippen LogP contribution in [-0.4, -0.2) is 16.7 Å². The number of benzene rings is 3. The molecule has 6 heteroatoms. The molecule has 0 aliphatic carbocycles. The highest BCUT2D eigenvalue weighted by Crippen LogP contribution is 2.33. The molecule has 1 heterocycles. The third kappa shape index (κ3) is 3.84. The SMILES string of the molecule is Cc1cc(Cl)ccc1NC1=C(c2ccccc2)C(=O)N(Cc2ccccc2Cl)C1=O. The summed E-state index contributed by atoms with van der Waals surface area (Å²) in [4.78, 5) is 27.8.